The Balaban J connectivity index is 2.56. The highest BCUT2D eigenvalue weighted by molar-refractivity contribution is 5.30. The van der Waals surface area contributed by atoms with Crippen LogP contribution in [0.2, 0.25) is 0 Å². The minimum absolute atomic E-state index is 0.165. The minimum Gasteiger partial charge on any atom is -0.380 e. The predicted molar refractivity (Wildman–Crippen MR) is 93.6 cm³/mol. The Morgan fingerprint density at radius 1 is 1.13 bits per heavy atom. The molecule has 0 saturated carbocycles. The zero-order chi connectivity index (χ0) is 17.1. The van der Waals surface area contributed by atoms with Gasteiger partial charge in [0.25, 0.3) is 0 Å². The van der Waals surface area contributed by atoms with Crippen LogP contribution in [0.4, 0.5) is 0 Å². The van der Waals surface area contributed by atoms with E-state index in [0.717, 1.165) is 6.42 Å². The van der Waals surface area contributed by atoms with Crippen molar-refractivity contribution in [2.24, 2.45) is 0 Å². The Labute approximate surface area is 141 Å². The summed E-state index contributed by atoms with van der Waals surface area (Å²) in [6.07, 6.45) is 9.80. The third kappa shape index (κ3) is 8.24. The average Bonchev–Trinajstić information content (AvgIpc) is 2.81. The molecule has 3 nitrogen and oxygen atoms in total. The number of rotatable bonds is 7. The first-order valence-corrected chi connectivity index (χ1v) is 8.70. The van der Waals surface area contributed by atoms with Crippen molar-refractivity contribution in [1.29, 1.82) is 0 Å². The molecule has 0 bridgehead atoms. The van der Waals surface area contributed by atoms with E-state index in [1.807, 2.05) is 26.8 Å². The molecule has 0 aliphatic carbocycles. The highest BCUT2D eigenvalue weighted by atomic mass is 16.7. The monoisotopic (exact) mass is 318 g/mol. The van der Waals surface area contributed by atoms with Crippen molar-refractivity contribution in [2.45, 2.75) is 90.3 Å². The quantitative estimate of drug-likeness (QED) is 0.441. The molecule has 23 heavy (non-hydrogen) atoms. The van der Waals surface area contributed by atoms with Gasteiger partial charge in [-0.3, -0.25) is 0 Å². The predicted octanol–water partition coefficient (Wildman–Crippen LogP) is 3.81. The molecule has 1 unspecified atom stereocenters. The van der Waals surface area contributed by atoms with Crippen LogP contribution < -0.4 is 0 Å². The topological polar surface area (TPSA) is 38.7 Å². The molecule has 0 radical (unpaired) electrons. The normalized spacial score (nSPS) is 23.9. The largest absolute Gasteiger partial charge is 0.380 e. The van der Waals surface area contributed by atoms with Gasteiger partial charge in [0.05, 0.1) is 0 Å². The van der Waals surface area contributed by atoms with Gasteiger partial charge in [-0.2, -0.15) is 0 Å². The second kappa shape index (κ2) is 10.5. The SMILES string of the molecule is CCCCCC/C=C/[C@H]1OC(C)(C)O[C@@H]1C#CC#CC(O)CC. The van der Waals surface area contributed by atoms with Crippen LogP contribution in [0.1, 0.15) is 66.2 Å². The van der Waals surface area contributed by atoms with Gasteiger partial charge in [0.1, 0.15) is 12.2 Å². The molecule has 128 valence electrons. The van der Waals surface area contributed by atoms with Crippen LogP contribution in [-0.2, 0) is 9.47 Å². The first-order chi connectivity index (χ1) is 11.0. The zero-order valence-electron chi connectivity index (χ0n) is 14.9. The molecule has 1 aliphatic rings. The lowest BCUT2D eigenvalue weighted by molar-refractivity contribution is -0.138. The fourth-order valence-corrected chi connectivity index (χ4v) is 2.29. The van der Waals surface area contributed by atoms with Crippen LogP contribution in [-0.4, -0.2) is 29.2 Å². The molecule has 1 N–H and O–H groups in total. The molecule has 0 aromatic carbocycles. The van der Waals surface area contributed by atoms with Gasteiger partial charge in [-0.15, -0.1) is 0 Å². The number of hydrogen-bond acceptors (Lipinski definition) is 3. The highest BCUT2D eigenvalue weighted by Crippen LogP contribution is 2.28. The van der Waals surface area contributed by atoms with Gasteiger partial charge in [-0.1, -0.05) is 57.1 Å². The molecule has 0 aromatic heterocycles. The fraction of sp³-hybridized carbons (Fsp3) is 0.700. The van der Waals surface area contributed by atoms with Crippen molar-refractivity contribution in [2.75, 3.05) is 0 Å². The Morgan fingerprint density at radius 2 is 1.91 bits per heavy atom. The van der Waals surface area contributed by atoms with E-state index in [9.17, 15) is 5.11 Å². The lowest BCUT2D eigenvalue weighted by atomic mass is 10.1. The molecule has 1 fully saturated rings. The second-order valence-electron chi connectivity index (χ2n) is 6.26. The molecule has 3 atom stereocenters. The molecular weight excluding hydrogens is 288 g/mol. The summed E-state index contributed by atoms with van der Waals surface area (Å²) >= 11 is 0. The van der Waals surface area contributed by atoms with E-state index >= 15 is 0 Å². The van der Waals surface area contributed by atoms with Crippen molar-refractivity contribution in [3.05, 3.63) is 12.2 Å². The molecule has 1 saturated heterocycles. The van der Waals surface area contributed by atoms with Gasteiger partial charge in [-0.05, 0) is 45.0 Å². The summed E-state index contributed by atoms with van der Waals surface area (Å²) in [5.41, 5.74) is 0. The lowest BCUT2D eigenvalue weighted by Gasteiger charge is -2.15. The maximum Gasteiger partial charge on any atom is 0.165 e. The Bertz CT molecular complexity index is 484. The lowest BCUT2D eigenvalue weighted by Crippen LogP contribution is -2.20. The van der Waals surface area contributed by atoms with Crippen molar-refractivity contribution in [1.82, 2.24) is 0 Å². The van der Waals surface area contributed by atoms with Gasteiger partial charge in [0, 0.05) is 0 Å². The van der Waals surface area contributed by atoms with Gasteiger partial charge in [0.15, 0.2) is 11.9 Å². The summed E-state index contributed by atoms with van der Waals surface area (Å²) in [6, 6.07) is 0. The Kier molecular flexibility index (Phi) is 9.03. The number of aliphatic hydroxyl groups excluding tert-OH is 1. The van der Waals surface area contributed by atoms with Crippen LogP contribution in [0.3, 0.4) is 0 Å². The van der Waals surface area contributed by atoms with Crippen LogP contribution in [0.15, 0.2) is 12.2 Å². The maximum atomic E-state index is 9.38. The third-order valence-corrected chi connectivity index (χ3v) is 3.58. The highest BCUT2D eigenvalue weighted by Gasteiger charge is 2.38. The number of unbranched alkanes of at least 4 members (excludes halogenated alkanes) is 4. The van der Waals surface area contributed by atoms with Gasteiger partial charge in [-0.25, -0.2) is 0 Å². The maximum absolute atomic E-state index is 9.38. The number of ether oxygens (including phenoxy) is 2. The van der Waals surface area contributed by atoms with Crippen molar-refractivity contribution in [3.63, 3.8) is 0 Å². The van der Waals surface area contributed by atoms with E-state index in [-0.39, 0.29) is 12.2 Å². The van der Waals surface area contributed by atoms with Crippen LogP contribution in [0.5, 0.6) is 0 Å². The van der Waals surface area contributed by atoms with E-state index in [4.69, 9.17) is 9.47 Å². The summed E-state index contributed by atoms with van der Waals surface area (Å²) in [4.78, 5) is 0. The van der Waals surface area contributed by atoms with Crippen molar-refractivity contribution in [3.8, 4) is 23.7 Å². The Morgan fingerprint density at radius 3 is 2.61 bits per heavy atom. The number of aliphatic hydroxyl groups is 1. The summed E-state index contributed by atoms with van der Waals surface area (Å²) in [5, 5.41) is 9.38. The molecule has 3 heteroatoms. The summed E-state index contributed by atoms with van der Waals surface area (Å²) in [7, 11) is 0. The summed E-state index contributed by atoms with van der Waals surface area (Å²) < 4.78 is 11.7. The van der Waals surface area contributed by atoms with Crippen LogP contribution >= 0.6 is 0 Å². The molecule has 0 amide bonds. The third-order valence-electron chi connectivity index (χ3n) is 3.58. The van der Waals surface area contributed by atoms with E-state index < -0.39 is 11.9 Å². The van der Waals surface area contributed by atoms with E-state index in [1.54, 1.807) is 0 Å². The standard InChI is InChI=1S/C20H30O3/c1-5-7-8-9-10-11-15-18-19(23-20(3,4)22-18)16-13-12-14-17(21)6-2/h11,15,17-19,21H,5-10H2,1-4H3/b15-11+/t17?,18-,19-/m1/s1. The second-order valence-corrected chi connectivity index (χ2v) is 6.26. The van der Waals surface area contributed by atoms with Crippen molar-refractivity contribution < 1.29 is 14.6 Å². The summed E-state index contributed by atoms with van der Waals surface area (Å²) in [5.74, 6) is 10.5. The van der Waals surface area contributed by atoms with E-state index in [0.29, 0.717) is 6.42 Å². The molecule has 0 aromatic rings. The van der Waals surface area contributed by atoms with Gasteiger partial charge >= 0.3 is 0 Å². The van der Waals surface area contributed by atoms with Gasteiger partial charge in [0.2, 0.25) is 0 Å². The number of hydrogen-bond donors (Lipinski definition) is 1. The smallest absolute Gasteiger partial charge is 0.165 e. The van der Waals surface area contributed by atoms with Gasteiger partial charge < -0.3 is 14.6 Å². The van der Waals surface area contributed by atoms with E-state index in [1.165, 1.54) is 25.7 Å². The zero-order valence-corrected chi connectivity index (χ0v) is 14.9. The molecule has 1 rings (SSSR count). The molecule has 0 spiro atoms. The van der Waals surface area contributed by atoms with E-state index in [2.05, 4.69) is 36.7 Å². The summed E-state index contributed by atoms with van der Waals surface area (Å²) in [6.45, 7) is 7.88. The minimum atomic E-state index is -0.632. The number of allylic oxidation sites excluding steroid dienone is 1. The van der Waals surface area contributed by atoms with Crippen LogP contribution in [0, 0.1) is 23.7 Å². The first kappa shape index (κ1) is 19.8. The van der Waals surface area contributed by atoms with Crippen LogP contribution in [0.25, 0.3) is 0 Å². The Hall–Kier alpha value is -1.26. The molecule has 1 heterocycles. The average molecular weight is 318 g/mol. The first-order valence-electron chi connectivity index (χ1n) is 8.70. The molecular formula is C20H30O3. The molecule has 1 aliphatic heterocycles. The van der Waals surface area contributed by atoms with Crippen molar-refractivity contribution >= 4 is 0 Å². The fourth-order valence-electron chi connectivity index (χ4n) is 2.29.